The number of hydrogen-bond donors (Lipinski definition) is 1. The molecule has 2 atom stereocenters. The van der Waals surface area contributed by atoms with Crippen molar-refractivity contribution in [1.82, 2.24) is 15.1 Å². The highest BCUT2D eigenvalue weighted by atomic mass is 35.5. The number of nitrogens with zero attached hydrogens (tertiary/aromatic N) is 2. The van der Waals surface area contributed by atoms with Gasteiger partial charge in [-0.3, -0.25) is 9.59 Å². The molecule has 1 aromatic carbocycles. The number of fused-ring (bicyclic) bond motifs is 1. The zero-order valence-corrected chi connectivity index (χ0v) is 15.3. The first kappa shape index (κ1) is 18.2. The molecule has 4 rings (SSSR count). The summed E-state index contributed by atoms with van der Waals surface area (Å²) in [6, 6.07) is 8.42. The zero-order chi connectivity index (χ0) is 16.5. The summed E-state index contributed by atoms with van der Waals surface area (Å²) in [7, 11) is 0. The fraction of sp³-hybridized carbons (Fsp3) is 0.579. The Morgan fingerprint density at radius 2 is 1.92 bits per heavy atom. The molecule has 2 fully saturated rings. The Hall–Kier alpha value is -1.59. The molecule has 25 heavy (non-hydrogen) atoms. The van der Waals surface area contributed by atoms with Gasteiger partial charge in [0.1, 0.15) is 0 Å². The number of rotatable bonds is 2. The number of amides is 2. The molecule has 0 aromatic heterocycles. The van der Waals surface area contributed by atoms with Crippen molar-refractivity contribution < 1.29 is 9.59 Å². The summed E-state index contributed by atoms with van der Waals surface area (Å²) in [6.45, 7) is 3.14. The molecule has 0 spiro atoms. The van der Waals surface area contributed by atoms with Crippen molar-refractivity contribution in [2.24, 2.45) is 0 Å². The van der Waals surface area contributed by atoms with Crippen LogP contribution in [-0.2, 0) is 22.6 Å². The van der Waals surface area contributed by atoms with E-state index < -0.39 is 0 Å². The number of carbonyl (C=O) groups is 2. The van der Waals surface area contributed by atoms with E-state index in [0.29, 0.717) is 13.0 Å². The maximum atomic E-state index is 13.0. The summed E-state index contributed by atoms with van der Waals surface area (Å²) in [5.41, 5.74) is 2.57. The van der Waals surface area contributed by atoms with Crippen LogP contribution >= 0.6 is 12.4 Å². The second kappa shape index (κ2) is 7.75. The molecular weight excluding hydrogens is 338 g/mol. The lowest BCUT2D eigenvalue weighted by atomic mass is 9.94. The van der Waals surface area contributed by atoms with Crippen molar-refractivity contribution in [3.63, 3.8) is 0 Å². The molecule has 3 aliphatic heterocycles. The van der Waals surface area contributed by atoms with E-state index in [1.807, 2.05) is 21.9 Å². The van der Waals surface area contributed by atoms with Crippen LogP contribution in [0.15, 0.2) is 24.3 Å². The fourth-order valence-corrected chi connectivity index (χ4v) is 4.31. The second-order valence-corrected chi connectivity index (χ2v) is 7.18. The normalized spacial score (nSPS) is 26.2. The second-order valence-electron chi connectivity index (χ2n) is 7.18. The Morgan fingerprint density at radius 3 is 2.68 bits per heavy atom. The van der Waals surface area contributed by atoms with Gasteiger partial charge in [0, 0.05) is 38.6 Å². The first-order valence-corrected chi connectivity index (χ1v) is 9.11. The topological polar surface area (TPSA) is 52.7 Å². The van der Waals surface area contributed by atoms with E-state index in [-0.39, 0.29) is 36.3 Å². The van der Waals surface area contributed by atoms with Gasteiger partial charge in [-0.05, 0) is 36.8 Å². The van der Waals surface area contributed by atoms with Crippen LogP contribution in [0.25, 0.3) is 0 Å². The van der Waals surface area contributed by atoms with Gasteiger partial charge < -0.3 is 15.1 Å². The van der Waals surface area contributed by atoms with E-state index in [4.69, 9.17) is 0 Å². The van der Waals surface area contributed by atoms with Gasteiger partial charge in [-0.15, -0.1) is 12.4 Å². The fourth-order valence-electron chi connectivity index (χ4n) is 4.31. The van der Waals surface area contributed by atoms with E-state index in [2.05, 4.69) is 17.4 Å². The third-order valence-electron chi connectivity index (χ3n) is 5.64. The van der Waals surface area contributed by atoms with Gasteiger partial charge >= 0.3 is 0 Å². The number of benzene rings is 1. The minimum Gasteiger partial charge on any atom is -0.339 e. The molecule has 6 heteroatoms. The summed E-state index contributed by atoms with van der Waals surface area (Å²) in [6.07, 6.45) is 4.41. The van der Waals surface area contributed by atoms with Crippen LogP contribution in [0, 0.1) is 0 Å². The SMILES string of the molecule is Cl.O=C(C1Cc2ccccc2CN1)N1CCCC(N2CCCC2=O)C1. The van der Waals surface area contributed by atoms with Gasteiger partial charge in [-0.2, -0.15) is 0 Å². The Morgan fingerprint density at radius 1 is 1.12 bits per heavy atom. The molecule has 1 aromatic rings. The van der Waals surface area contributed by atoms with E-state index in [9.17, 15) is 9.59 Å². The van der Waals surface area contributed by atoms with Crippen LogP contribution in [0.5, 0.6) is 0 Å². The Bertz CT molecular complexity index is 651. The van der Waals surface area contributed by atoms with Crippen molar-refractivity contribution in [3.05, 3.63) is 35.4 Å². The van der Waals surface area contributed by atoms with Crippen molar-refractivity contribution in [2.75, 3.05) is 19.6 Å². The molecule has 2 unspecified atom stereocenters. The van der Waals surface area contributed by atoms with Crippen molar-refractivity contribution in [3.8, 4) is 0 Å². The van der Waals surface area contributed by atoms with Gasteiger partial charge in [0.2, 0.25) is 11.8 Å². The van der Waals surface area contributed by atoms with Crippen molar-refractivity contribution in [1.29, 1.82) is 0 Å². The maximum Gasteiger partial charge on any atom is 0.240 e. The third kappa shape index (κ3) is 3.67. The van der Waals surface area contributed by atoms with Gasteiger partial charge in [0.15, 0.2) is 0 Å². The van der Waals surface area contributed by atoms with E-state index >= 15 is 0 Å². The minimum absolute atomic E-state index is 0. The number of nitrogens with one attached hydrogen (secondary N) is 1. The molecule has 136 valence electrons. The van der Waals surface area contributed by atoms with E-state index in [1.165, 1.54) is 11.1 Å². The zero-order valence-electron chi connectivity index (χ0n) is 14.4. The monoisotopic (exact) mass is 363 g/mol. The standard InChI is InChI=1S/C19H25N3O2.ClH/c23-18-8-4-10-22(18)16-7-3-9-21(13-16)19(24)17-11-14-5-1-2-6-15(14)12-20-17;/h1-2,5-6,16-17,20H,3-4,7-13H2;1H. The van der Waals surface area contributed by atoms with Crippen LogP contribution in [0.2, 0.25) is 0 Å². The number of halogens is 1. The highest BCUT2D eigenvalue weighted by Crippen LogP contribution is 2.23. The number of hydrogen-bond acceptors (Lipinski definition) is 3. The number of piperidine rings is 1. The van der Waals surface area contributed by atoms with Crippen LogP contribution in [0.3, 0.4) is 0 Å². The third-order valence-corrected chi connectivity index (χ3v) is 5.64. The van der Waals surface area contributed by atoms with E-state index in [1.54, 1.807) is 0 Å². The molecular formula is C19H26ClN3O2. The number of likely N-dealkylation sites (tertiary alicyclic amines) is 2. The van der Waals surface area contributed by atoms with Crippen LogP contribution in [-0.4, -0.2) is 53.3 Å². The molecule has 0 radical (unpaired) electrons. The van der Waals surface area contributed by atoms with Crippen LogP contribution in [0.4, 0.5) is 0 Å². The highest BCUT2D eigenvalue weighted by Gasteiger charge is 2.35. The summed E-state index contributed by atoms with van der Waals surface area (Å²) < 4.78 is 0. The first-order chi connectivity index (χ1) is 11.7. The summed E-state index contributed by atoms with van der Waals surface area (Å²) >= 11 is 0. The molecule has 2 saturated heterocycles. The smallest absolute Gasteiger partial charge is 0.240 e. The number of carbonyl (C=O) groups excluding carboxylic acids is 2. The van der Waals surface area contributed by atoms with Gasteiger partial charge in [0.05, 0.1) is 6.04 Å². The molecule has 0 aliphatic carbocycles. The largest absolute Gasteiger partial charge is 0.339 e. The van der Waals surface area contributed by atoms with Gasteiger partial charge in [0.25, 0.3) is 0 Å². The Kier molecular flexibility index (Phi) is 5.64. The maximum absolute atomic E-state index is 13.0. The Labute approximate surface area is 155 Å². The average molecular weight is 364 g/mol. The van der Waals surface area contributed by atoms with E-state index in [0.717, 1.165) is 45.3 Å². The molecule has 1 N–H and O–H groups in total. The van der Waals surface area contributed by atoms with Crippen LogP contribution < -0.4 is 5.32 Å². The molecule has 0 saturated carbocycles. The lowest BCUT2D eigenvalue weighted by Crippen LogP contribution is -2.55. The van der Waals surface area contributed by atoms with Gasteiger partial charge in [-0.1, -0.05) is 24.3 Å². The minimum atomic E-state index is -0.132. The predicted molar refractivity (Wildman–Crippen MR) is 98.6 cm³/mol. The average Bonchev–Trinajstić information content (AvgIpc) is 3.07. The predicted octanol–water partition coefficient (Wildman–Crippen LogP) is 1.74. The molecule has 3 heterocycles. The highest BCUT2D eigenvalue weighted by molar-refractivity contribution is 5.85. The van der Waals surface area contributed by atoms with Gasteiger partial charge in [-0.25, -0.2) is 0 Å². The lowest BCUT2D eigenvalue weighted by molar-refractivity contribution is -0.139. The molecule has 3 aliphatic rings. The summed E-state index contributed by atoms with van der Waals surface area (Å²) in [5.74, 6) is 0.458. The summed E-state index contributed by atoms with van der Waals surface area (Å²) in [4.78, 5) is 28.9. The van der Waals surface area contributed by atoms with Crippen molar-refractivity contribution in [2.45, 2.75) is 50.7 Å². The molecule has 5 nitrogen and oxygen atoms in total. The Balaban J connectivity index is 0.00000182. The lowest BCUT2D eigenvalue weighted by Gasteiger charge is -2.39. The first-order valence-electron chi connectivity index (χ1n) is 9.11. The summed E-state index contributed by atoms with van der Waals surface area (Å²) in [5, 5.41) is 3.39. The molecule has 0 bridgehead atoms. The quantitative estimate of drug-likeness (QED) is 0.870. The molecule has 2 amide bonds. The van der Waals surface area contributed by atoms with Crippen LogP contribution in [0.1, 0.15) is 36.8 Å². The van der Waals surface area contributed by atoms with Crippen molar-refractivity contribution >= 4 is 24.2 Å².